The third-order valence-electron chi connectivity index (χ3n) is 5.28. The third-order valence-corrected chi connectivity index (χ3v) is 6.11. The first-order valence-corrected chi connectivity index (χ1v) is 11.1. The van der Waals surface area contributed by atoms with E-state index in [0.717, 1.165) is 16.8 Å². The summed E-state index contributed by atoms with van der Waals surface area (Å²) in [5.74, 6) is -0.986. The van der Waals surface area contributed by atoms with Gasteiger partial charge in [-0.2, -0.15) is 0 Å². The van der Waals surface area contributed by atoms with Crippen molar-refractivity contribution in [3.8, 4) is 22.5 Å². The Bertz CT molecular complexity index is 1050. The molecule has 2 aromatic carbocycles. The van der Waals surface area contributed by atoms with Gasteiger partial charge in [0.15, 0.2) is 0 Å². The average Bonchev–Trinajstić information content (AvgIpc) is 2.83. The van der Waals surface area contributed by atoms with E-state index >= 15 is 0 Å². The molecule has 4 rings (SSSR count). The quantitative estimate of drug-likeness (QED) is 0.592. The van der Waals surface area contributed by atoms with Crippen molar-refractivity contribution in [2.45, 2.75) is 18.0 Å². The maximum atomic E-state index is 12.6. The van der Waals surface area contributed by atoms with Crippen LogP contribution in [0.2, 0.25) is 0 Å². The number of carbonyl (C=O) groups excluding carboxylic acids is 1. The van der Waals surface area contributed by atoms with Crippen LogP contribution in [0.3, 0.4) is 0 Å². The third kappa shape index (κ3) is 5.08. The van der Waals surface area contributed by atoms with E-state index in [0.29, 0.717) is 36.8 Å². The maximum Gasteiger partial charge on any atom is 0.306 e. The number of carboxylic acids is 1. The topological polar surface area (TPSA) is 96.3 Å². The Morgan fingerprint density at radius 2 is 1.48 bits per heavy atom. The number of thioether (sulfide) groups is 1. The molecule has 0 aliphatic carbocycles. The minimum absolute atomic E-state index is 0.0363. The summed E-state index contributed by atoms with van der Waals surface area (Å²) in [6.07, 6.45) is 0.988. The van der Waals surface area contributed by atoms with Crippen LogP contribution >= 0.6 is 11.8 Å². The van der Waals surface area contributed by atoms with Crippen LogP contribution in [0.1, 0.15) is 12.8 Å². The minimum atomic E-state index is -0.784. The highest BCUT2D eigenvalue weighted by Crippen LogP contribution is 2.29. The van der Waals surface area contributed by atoms with Crippen molar-refractivity contribution < 1.29 is 14.7 Å². The molecule has 1 N–H and O–H groups in total. The number of rotatable bonds is 6. The number of aliphatic carboxylic acids is 1. The Hall–Kier alpha value is -3.26. The number of carbonyl (C=O) groups is 2. The molecule has 1 aromatic heterocycles. The summed E-state index contributed by atoms with van der Waals surface area (Å²) >= 11 is 1.25. The summed E-state index contributed by atoms with van der Waals surface area (Å²) in [4.78, 5) is 30.1. The molecule has 0 bridgehead atoms. The number of hydrogen-bond donors (Lipinski definition) is 1. The van der Waals surface area contributed by atoms with E-state index in [1.807, 2.05) is 60.7 Å². The molecule has 0 atom stereocenters. The van der Waals surface area contributed by atoms with Crippen molar-refractivity contribution in [1.29, 1.82) is 0 Å². The van der Waals surface area contributed by atoms with Crippen molar-refractivity contribution in [2.75, 3.05) is 18.8 Å². The second kappa shape index (κ2) is 9.70. The van der Waals surface area contributed by atoms with E-state index in [9.17, 15) is 9.59 Å². The molecular weight excluding hydrogens is 412 g/mol. The standard InChI is InChI=1S/C23H22N4O3S/c28-19(27-13-11-18(12-14-27)22(29)30)15-31-23-24-20(16-7-3-1-4-8-16)21(25-26-23)17-9-5-2-6-10-17/h1-10,18H,11-15H2,(H,29,30). The van der Waals surface area contributed by atoms with Crippen molar-refractivity contribution >= 4 is 23.6 Å². The summed E-state index contributed by atoms with van der Waals surface area (Å²) in [5.41, 5.74) is 3.27. The molecule has 2 heterocycles. The highest BCUT2D eigenvalue weighted by molar-refractivity contribution is 7.99. The SMILES string of the molecule is O=C(O)C1CCN(C(=O)CSc2nnc(-c3ccccc3)c(-c3ccccc3)n2)CC1. The Morgan fingerprint density at radius 1 is 0.903 bits per heavy atom. The summed E-state index contributed by atoms with van der Waals surface area (Å²) in [7, 11) is 0. The number of carboxylic acid groups (broad SMARTS) is 1. The second-order valence-corrected chi connectivity index (χ2v) is 8.25. The van der Waals surface area contributed by atoms with Crippen LogP contribution in [0, 0.1) is 5.92 Å². The number of piperidine rings is 1. The Morgan fingerprint density at radius 3 is 2.06 bits per heavy atom. The normalized spacial score (nSPS) is 14.4. The number of aromatic nitrogens is 3. The molecule has 158 valence electrons. The number of nitrogens with zero attached hydrogens (tertiary/aromatic N) is 4. The zero-order chi connectivity index (χ0) is 21.6. The van der Waals surface area contributed by atoms with Gasteiger partial charge < -0.3 is 10.0 Å². The average molecular weight is 435 g/mol. The first kappa shape index (κ1) is 21.0. The number of hydrogen-bond acceptors (Lipinski definition) is 6. The van der Waals surface area contributed by atoms with Crippen LogP contribution in [-0.2, 0) is 9.59 Å². The zero-order valence-corrected chi connectivity index (χ0v) is 17.7. The highest BCUT2D eigenvalue weighted by atomic mass is 32.2. The summed E-state index contributed by atoms with van der Waals surface area (Å²) in [6.45, 7) is 0.940. The first-order valence-electron chi connectivity index (χ1n) is 10.1. The van der Waals surface area contributed by atoms with Crippen LogP contribution < -0.4 is 0 Å². The van der Waals surface area contributed by atoms with E-state index in [-0.39, 0.29) is 17.6 Å². The lowest BCUT2D eigenvalue weighted by Crippen LogP contribution is -2.41. The van der Waals surface area contributed by atoms with Crippen molar-refractivity contribution in [2.24, 2.45) is 5.92 Å². The largest absolute Gasteiger partial charge is 0.481 e. The van der Waals surface area contributed by atoms with Crippen LogP contribution in [0.4, 0.5) is 0 Å². The summed E-state index contributed by atoms with van der Waals surface area (Å²) in [6, 6.07) is 19.6. The van der Waals surface area contributed by atoms with Gasteiger partial charge in [-0.25, -0.2) is 4.98 Å². The molecular formula is C23H22N4O3S. The van der Waals surface area contributed by atoms with Gasteiger partial charge in [0, 0.05) is 24.2 Å². The first-order chi connectivity index (χ1) is 15.1. The molecule has 8 heteroatoms. The molecule has 3 aromatic rings. The lowest BCUT2D eigenvalue weighted by atomic mass is 9.97. The van der Waals surface area contributed by atoms with Gasteiger partial charge in [0.2, 0.25) is 11.1 Å². The van der Waals surface area contributed by atoms with Crippen molar-refractivity contribution in [3.05, 3.63) is 60.7 Å². The number of likely N-dealkylation sites (tertiary alicyclic amines) is 1. The molecule has 0 spiro atoms. The highest BCUT2D eigenvalue weighted by Gasteiger charge is 2.27. The Kier molecular flexibility index (Phi) is 6.57. The molecule has 31 heavy (non-hydrogen) atoms. The molecule has 1 aliphatic rings. The van der Waals surface area contributed by atoms with Crippen LogP contribution in [0.5, 0.6) is 0 Å². The second-order valence-electron chi connectivity index (χ2n) is 7.31. The lowest BCUT2D eigenvalue weighted by molar-refractivity contribution is -0.145. The van der Waals surface area contributed by atoms with Gasteiger partial charge in [-0.1, -0.05) is 72.4 Å². The van der Waals surface area contributed by atoms with E-state index in [2.05, 4.69) is 10.2 Å². The van der Waals surface area contributed by atoms with E-state index in [1.165, 1.54) is 11.8 Å². The van der Waals surface area contributed by atoms with Gasteiger partial charge in [0.05, 0.1) is 11.7 Å². The molecule has 1 fully saturated rings. The predicted octanol–water partition coefficient (Wildman–Crippen LogP) is 3.62. The monoisotopic (exact) mass is 434 g/mol. The van der Waals surface area contributed by atoms with Crippen LogP contribution in [0.25, 0.3) is 22.5 Å². The fourth-order valence-corrected chi connectivity index (χ4v) is 4.24. The summed E-state index contributed by atoms with van der Waals surface area (Å²) in [5, 5.41) is 18.2. The van der Waals surface area contributed by atoms with Gasteiger partial charge >= 0.3 is 5.97 Å². The predicted molar refractivity (Wildman–Crippen MR) is 118 cm³/mol. The minimum Gasteiger partial charge on any atom is -0.481 e. The van der Waals surface area contributed by atoms with Crippen molar-refractivity contribution in [1.82, 2.24) is 20.1 Å². The van der Waals surface area contributed by atoms with Gasteiger partial charge in [0.1, 0.15) is 11.4 Å². The molecule has 0 unspecified atom stereocenters. The van der Waals surface area contributed by atoms with Gasteiger partial charge in [-0.05, 0) is 12.8 Å². The van der Waals surface area contributed by atoms with Gasteiger partial charge in [0.25, 0.3) is 0 Å². The Labute approximate surface area is 184 Å². The number of benzene rings is 2. The fraction of sp³-hybridized carbons (Fsp3) is 0.261. The van der Waals surface area contributed by atoms with Gasteiger partial charge in [-0.3, -0.25) is 9.59 Å². The lowest BCUT2D eigenvalue weighted by Gasteiger charge is -2.30. The van der Waals surface area contributed by atoms with Gasteiger partial charge in [-0.15, -0.1) is 10.2 Å². The fourth-order valence-electron chi connectivity index (χ4n) is 3.55. The molecule has 0 saturated carbocycles. The van der Waals surface area contributed by atoms with E-state index in [1.54, 1.807) is 4.90 Å². The summed E-state index contributed by atoms with van der Waals surface area (Å²) < 4.78 is 0. The Balaban J connectivity index is 1.49. The molecule has 7 nitrogen and oxygen atoms in total. The van der Waals surface area contributed by atoms with E-state index in [4.69, 9.17) is 10.1 Å². The maximum absolute atomic E-state index is 12.6. The zero-order valence-electron chi connectivity index (χ0n) is 16.8. The smallest absolute Gasteiger partial charge is 0.306 e. The molecule has 1 saturated heterocycles. The van der Waals surface area contributed by atoms with Crippen LogP contribution in [-0.4, -0.2) is 55.9 Å². The van der Waals surface area contributed by atoms with E-state index < -0.39 is 5.97 Å². The van der Waals surface area contributed by atoms with Crippen molar-refractivity contribution in [3.63, 3.8) is 0 Å². The van der Waals surface area contributed by atoms with Crippen LogP contribution in [0.15, 0.2) is 65.8 Å². The number of amides is 1. The molecule has 1 amide bonds. The molecule has 0 radical (unpaired) electrons. The molecule has 1 aliphatic heterocycles.